The summed E-state index contributed by atoms with van der Waals surface area (Å²) >= 11 is 5.06. The Labute approximate surface area is 76.7 Å². The Morgan fingerprint density at radius 2 is 2.17 bits per heavy atom. The molecule has 2 bridgehead atoms. The predicted octanol–water partition coefficient (Wildman–Crippen LogP) is 2.14. The molecule has 4 atom stereocenters. The largest absolute Gasteiger partial charge is 0.347 e. The topological polar surface area (TPSA) is 26.3 Å². The van der Waals surface area contributed by atoms with Crippen molar-refractivity contribution in [2.75, 3.05) is 0 Å². The SMILES string of the molecule is C[C@H]1[C@H](C(=O)OCl)[C@@H]2C=C[C@H]1C2. The second-order valence-electron chi connectivity index (χ2n) is 3.73. The highest BCUT2D eigenvalue weighted by atomic mass is 35.5. The Morgan fingerprint density at radius 1 is 1.50 bits per heavy atom. The molecule has 12 heavy (non-hydrogen) atoms. The number of carbonyl (C=O) groups is 1. The first kappa shape index (κ1) is 8.11. The molecular weight excluding hydrogens is 176 g/mol. The Hall–Kier alpha value is -0.500. The molecule has 0 aromatic carbocycles. The Bertz CT molecular complexity index is 237. The highest BCUT2D eigenvalue weighted by Gasteiger charge is 2.46. The van der Waals surface area contributed by atoms with E-state index in [4.69, 9.17) is 11.9 Å². The van der Waals surface area contributed by atoms with Crippen molar-refractivity contribution in [3.63, 3.8) is 0 Å². The van der Waals surface area contributed by atoms with Crippen molar-refractivity contribution >= 4 is 17.8 Å². The number of hydrogen-bond donors (Lipinski definition) is 0. The maximum Gasteiger partial charge on any atom is 0.328 e. The second-order valence-corrected chi connectivity index (χ2v) is 3.88. The molecule has 0 radical (unpaired) electrons. The van der Waals surface area contributed by atoms with Crippen LogP contribution in [0.3, 0.4) is 0 Å². The molecule has 0 unspecified atom stereocenters. The van der Waals surface area contributed by atoms with Gasteiger partial charge in [0, 0.05) is 0 Å². The maximum absolute atomic E-state index is 11.2. The van der Waals surface area contributed by atoms with Crippen LogP contribution in [0.25, 0.3) is 0 Å². The van der Waals surface area contributed by atoms with Crippen LogP contribution in [0.15, 0.2) is 12.2 Å². The molecule has 1 fully saturated rings. The van der Waals surface area contributed by atoms with Crippen LogP contribution >= 0.6 is 11.9 Å². The van der Waals surface area contributed by atoms with Crippen LogP contribution in [0.4, 0.5) is 0 Å². The third kappa shape index (κ3) is 0.977. The number of carbonyl (C=O) groups excluding carboxylic acids is 1. The van der Waals surface area contributed by atoms with E-state index >= 15 is 0 Å². The van der Waals surface area contributed by atoms with E-state index < -0.39 is 0 Å². The molecule has 0 N–H and O–H groups in total. The zero-order valence-electron chi connectivity index (χ0n) is 6.87. The van der Waals surface area contributed by atoms with Gasteiger partial charge >= 0.3 is 5.97 Å². The van der Waals surface area contributed by atoms with Crippen molar-refractivity contribution in [1.82, 2.24) is 0 Å². The Kier molecular flexibility index (Phi) is 1.87. The van der Waals surface area contributed by atoms with Gasteiger partial charge in [-0.1, -0.05) is 19.1 Å². The molecule has 0 spiro atoms. The molecule has 2 aliphatic carbocycles. The van der Waals surface area contributed by atoms with Gasteiger partial charge in [0.25, 0.3) is 0 Å². The van der Waals surface area contributed by atoms with Crippen LogP contribution in [0, 0.1) is 23.7 Å². The van der Waals surface area contributed by atoms with Crippen molar-refractivity contribution in [2.45, 2.75) is 13.3 Å². The van der Waals surface area contributed by atoms with Crippen LogP contribution in [-0.2, 0) is 9.08 Å². The van der Waals surface area contributed by atoms with Gasteiger partial charge in [-0.2, -0.15) is 0 Å². The first-order valence-corrected chi connectivity index (χ1v) is 4.55. The lowest BCUT2D eigenvalue weighted by Gasteiger charge is -2.20. The summed E-state index contributed by atoms with van der Waals surface area (Å²) in [5.41, 5.74) is 0. The third-order valence-corrected chi connectivity index (χ3v) is 3.35. The fraction of sp³-hybridized carbons (Fsp3) is 0.667. The second kappa shape index (κ2) is 2.77. The average molecular weight is 187 g/mol. The first-order valence-electron chi connectivity index (χ1n) is 4.25. The van der Waals surface area contributed by atoms with Crippen LogP contribution < -0.4 is 0 Å². The molecule has 0 aliphatic heterocycles. The standard InChI is InChI=1S/C9H11ClO2/c1-5-6-2-3-7(4-6)8(5)9(11)12-10/h2-3,5-8H,4H2,1H3/t5-,6+,7-,8+/m1/s1. The van der Waals surface area contributed by atoms with Crippen LogP contribution in [-0.4, -0.2) is 5.97 Å². The summed E-state index contributed by atoms with van der Waals surface area (Å²) in [4.78, 5) is 11.2. The summed E-state index contributed by atoms with van der Waals surface area (Å²) in [6, 6.07) is 0. The van der Waals surface area contributed by atoms with E-state index in [9.17, 15) is 4.79 Å². The van der Waals surface area contributed by atoms with Gasteiger partial charge < -0.3 is 4.29 Å². The summed E-state index contributed by atoms with van der Waals surface area (Å²) in [6.07, 6.45) is 5.41. The van der Waals surface area contributed by atoms with Crippen molar-refractivity contribution in [3.8, 4) is 0 Å². The lowest BCUT2D eigenvalue weighted by molar-refractivity contribution is -0.140. The minimum atomic E-state index is -0.263. The van der Waals surface area contributed by atoms with Gasteiger partial charge in [-0.3, -0.25) is 4.79 Å². The van der Waals surface area contributed by atoms with Crippen LogP contribution in [0.1, 0.15) is 13.3 Å². The molecule has 3 heteroatoms. The molecule has 0 saturated heterocycles. The number of hydrogen-bond acceptors (Lipinski definition) is 2. The van der Waals surface area contributed by atoms with Gasteiger partial charge in [0.2, 0.25) is 0 Å². The van der Waals surface area contributed by atoms with Gasteiger partial charge in [0.05, 0.1) is 5.92 Å². The van der Waals surface area contributed by atoms with E-state index in [1.54, 1.807) is 0 Å². The van der Waals surface area contributed by atoms with Gasteiger partial charge in [-0.15, -0.1) is 0 Å². The van der Waals surface area contributed by atoms with E-state index in [2.05, 4.69) is 23.4 Å². The molecule has 2 rings (SSSR count). The highest BCUT2D eigenvalue weighted by Crippen LogP contribution is 2.48. The van der Waals surface area contributed by atoms with Gasteiger partial charge in [0.15, 0.2) is 0 Å². The van der Waals surface area contributed by atoms with Gasteiger partial charge in [-0.05, 0) is 24.2 Å². The van der Waals surface area contributed by atoms with E-state index in [0.29, 0.717) is 17.8 Å². The Balaban J connectivity index is 2.18. The van der Waals surface area contributed by atoms with Crippen molar-refractivity contribution < 1.29 is 9.08 Å². The molecule has 0 aromatic heterocycles. The fourth-order valence-electron chi connectivity index (χ4n) is 2.51. The normalized spacial score (nSPS) is 43.5. The zero-order chi connectivity index (χ0) is 8.72. The molecule has 66 valence electrons. The molecule has 1 saturated carbocycles. The number of rotatable bonds is 1. The molecule has 0 heterocycles. The van der Waals surface area contributed by atoms with E-state index in [0.717, 1.165) is 6.42 Å². The lowest BCUT2D eigenvalue weighted by atomic mass is 9.85. The zero-order valence-corrected chi connectivity index (χ0v) is 7.62. The highest BCUT2D eigenvalue weighted by molar-refractivity contribution is 6.13. The number of allylic oxidation sites excluding steroid dienone is 2. The average Bonchev–Trinajstić information content (AvgIpc) is 2.63. The summed E-state index contributed by atoms with van der Waals surface area (Å²) in [6.45, 7) is 2.09. The fourth-order valence-corrected chi connectivity index (χ4v) is 2.61. The smallest absolute Gasteiger partial charge is 0.328 e. The number of fused-ring (bicyclic) bond motifs is 2. The molecule has 2 nitrogen and oxygen atoms in total. The molecule has 0 aromatic rings. The Morgan fingerprint density at radius 3 is 2.67 bits per heavy atom. The van der Waals surface area contributed by atoms with E-state index in [1.807, 2.05) is 0 Å². The van der Waals surface area contributed by atoms with Crippen LogP contribution in [0.5, 0.6) is 0 Å². The van der Waals surface area contributed by atoms with Gasteiger partial charge in [0.1, 0.15) is 11.9 Å². The van der Waals surface area contributed by atoms with Crippen molar-refractivity contribution in [2.24, 2.45) is 23.7 Å². The molecular formula is C9H11ClO2. The van der Waals surface area contributed by atoms with Crippen molar-refractivity contribution in [1.29, 1.82) is 0 Å². The summed E-state index contributed by atoms with van der Waals surface area (Å²) in [5.74, 6) is 1.07. The monoisotopic (exact) mass is 186 g/mol. The number of halogens is 1. The summed E-state index contributed by atoms with van der Waals surface area (Å²) < 4.78 is 4.26. The minimum Gasteiger partial charge on any atom is -0.347 e. The van der Waals surface area contributed by atoms with Crippen molar-refractivity contribution in [3.05, 3.63) is 12.2 Å². The van der Waals surface area contributed by atoms with E-state index in [-0.39, 0.29) is 11.9 Å². The summed E-state index contributed by atoms with van der Waals surface area (Å²) in [7, 11) is 0. The third-order valence-electron chi connectivity index (χ3n) is 3.20. The minimum absolute atomic E-state index is 0.00231. The molecule has 2 aliphatic rings. The molecule has 0 amide bonds. The van der Waals surface area contributed by atoms with Crippen LogP contribution in [0.2, 0.25) is 0 Å². The van der Waals surface area contributed by atoms with Gasteiger partial charge in [-0.25, -0.2) is 0 Å². The maximum atomic E-state index is 11.2. The first-order chi connectivity index (χ1) is 5.74. The lowest BCUT2D eigenvalue weighted by Crippen LogP contribution is -2.25. The summed E-state index contributed by atoms with van der Waals surface area (Å²) in [5, 5.41) is 0. The quantitative estimate of drug-likeness (QED) is 0.587. The van der Waals surface area contributed by atoms with E-state index in [1.165, 1.54) is 0 Å². The predicted molar refractivity (Wildman–Crippen MR) is 45.3 cm³/mol.